The predicted molar refractivity (Wildman–Crippen MR) is 147 cm³/mol. The van der Waals surface area contributed by atoms with Crippen LogP contribution in [0.15, 0.2) is 18.2 Å². The summed E-state index contributed by atoms with van der Waals surface area (Å²) in [5.41, 5.74) is 0.875. The smallest absolute Gasteiger partial charge is 0.251 e. The van der Waals surface area contributed by atoms with Gasteiger partial charge >= 0.3 is 0 Å². The number of rotatable bonds is 7. The SMILES string of the molecule is CC(C)[C@@H](O)C(=O)N1CCC(C2CCC3NCN(CC(=O)N(C)Cc4ccc(Cl)c(Cl)c4)C(=O)C3C2)CC1. The van der Waals surface area contributed by atoms with Crippen LogP contribution >= 0.6 is 23.2 Å². The van der Waals surface area contributed by atoms with Gasteiger partial charge in [0, 0.05) is 32.7 Å². The van der Waals surface area contributed by atoms with Crippen molar-refractivity contribution in [3.8, 4) is 0 Å². The number of aliphatic hydroxyl groups is 1. The van der Waals surface area contributed by atoms with Crippen LogP contribution in [-0.2, 0) is 20.9 Å². The van der Waals surface area contributed by atoms with Crippen molar-refractivity contribution in [2.75, 3.05) is 33.4 Å². The molecule has 8 nitrogen and oxygen atoms in total. The van der Waals surface area contributed by atoms with Crippen LogP contribution in [0.5, 0.6) is 0 Å². The molecule has 1 aromatic rings. The first-order valence-corrected chi connectivity index (χ1v) is 14.5. The van der Waals surface area contributed by atoms with E-state index in [4.69, 9.17) is 23.2 Å². The lowest BCUT2D eigenvalue weighted by atomic mass is 9.69. The highest BCUT2D eigenvalue weighted by Crippen LogP contribution is 2.40. The highest BCUT2D eigenvalue weighted by Gasteiger charge is 2.43. The van der Waals surface area contributed by atoms with Crippen LogP contribution in [0.3, 0.4) is 0 Å². The molecule has 4 atom stereocenters. The molecular weight excluding hydrogens is 527 g/mol. The maximum Gasteiger partial charge on any atom is 0.251 e. The molecule has 0 radical (unpaired) electrons. The van der Waals surface area contributed by atoms with E-state index in [0.29, 0.717) is 48.2 Å². The van der Waals surface area contributed by atoms with Crippen LogP contribution in [0.4, 0.5) is 0 Å². The van der Waals surface area contributed by atoms with E-state index in [-0.39, 0.29) is 42.1 Å². The number of hydrogen-bond acceptors (Lipinski definition) is 5. The Labute approximate surface area is 235 Å². The molecule has 1 saturated carbocycles. The summed E-state index contributed by atoms with van der Waals surface area (Å²) in [5.74, 6) is 0.447. The molecule has 38 heavy (non-hydrogen) atoms. The molecule has 3 unspecified atom stereocenters. The van der Waals surface area contributed by atoms with E-state index in [1.54, 1.807) is 33.9 Å². The molecule has 0 spiro atoms. The molecule has 3 amide bonds. The van der Waals surface area contributed by atoms with Crippen LogP contribution in [0.2, 0.25) is 10.0 Å². The third-order valence-corrected chi connectivity index (χ3v) is 9.36. The molecule has 2 saturated heterocycles. The molecule has 2 N–H and O–H groups in total. The van der Waals surface area contributed by atoms with Crippen molar-refractivity contribution < 1.29 is 19.5 Å². The zero-order valence-electron chi connectivity index (χ0n) is 22.5. The Kier molecular flexibility index (Phi) is 9.61. The number of carbonyl (C=O) groups excluding carboxylic acids is 3. The minimum absolute atomic E-state index is 0.0379. The number of benzene rings is 1. The van der Waals surface area contributed by atoms with Gasteiger partial charge in [0.2, 0.25) is 11.8 Å². The van der Waals surface area contributed by atoms with Gasteiger partial charge in [-0.2, -0.15) is 0 Å². The quantitative estimate of drug-likeness (QED) is 0.527. The van der Waals surface area contributed by atoms with E-state index in [1.165, 1.54) is 0 Å². The van der Waals surface area contributed by atoms with Crippen LogP contribution in [0.1, 0.15) is 51.5 Å². The van der Waals surface area contributed by atoms with Crippen molar-refractivity contribution >= 4 is 40.9 Å². The molecule has 0 bridgehead atoms. The van der Waals surface area contributed by atoms with Crippen LogP contribution < -0.4 is 5.32 Å². The number of hydrogen-bond donors (Lipinski definition) is 2. The van der Waals surface area contributed by atoms with Gasteiger partial charge in [-0.15, -0.1) is 0 Å². The number of halogens is 2. The Morgan fingerprint density at radius 3 is 2.47 bits per heavy atom. The average Bonchev–Trinajstić information content (AvgIpc) is 2.91. The van der Waals surface area contributed by atoms with E-state index >= 15 is 0 Å². The van der Waals surface area contributed by atoms with Crippen LogP contribution in [-0.4, -0.2) is 83.0 Å². The first-order chi connectivity index (χ1) is 18.0. The summed E-state index contributed by atoms with van der Waals surface area (Å²) < 4.78 is 0. The molecule has 2 aliphatic heterocycles. The lowest BCUT2D eigenvalue weighted by Crippen LogP contribution is -2.60. The zero-order chi connectivity index (χ0) is 27.6. The average molecular weight is 568 g/mol. The van der Waals surface area contributed by atoms with Gasteiger partial charge in [-0.25, -0.2) is 0 Å². The summed E-state index contributed by atoms with van der Waals surface area (Å²) in [6.07, 6.45) is 3.70. The lowest BCUT2D eigenvalue weighted by molar-refractivity contribution is -0.149. The van der Waals surface area contributed by atoms with E-state index in [1.807, 2.05) is 19.9 Å². The fourth-order valence-corrected chi connectivity index (χ4v) is 6.49. The standard InChI is InChI=1S/C28H40Cl2N4O4/c1-17(2)26(36)28(38)33-10-8-19(9-11-33)20-5-7-24-21(13-20)27(37)34(16-31-24)15-25(35)32(3)14-18-4-6-22(29)23(30)12-18/h4,6,12,17,19-21,24,26,31,36H,5,7-11,13-16H2,1-3H3/t20?,21?,24?,26-/m1/s1. The second-order valence-corrected chi connectivity index (χ2v) is 12.3. The fourth-order valence-electron chi connectivity index (χ4n) is 6.17. The first-order valence-electron chi connectivity index (χ1n) is 13.7. The fraction of sp³-hybridized carbons (Fsp3) is 0.679. The van der Waals surface area contributed by atoms with Crippen LogP contribution in [0, 0.1) is 23.7 Å². The van der Waals surface area contributed by atoms with Gasteiger partial charge in [-0.05, 0) is 67.6 Å². The molecule has 10 heteroatoms. The maximum atomic E-state index is 13.5. The van der Waals surface area contributed by atoms with Gasteiger partial charge < -0.3 is 19.8 Å². The number of piperidine rings is 1. The molecule has 0 aromatic heterocycles. The minimum Gasteiger partial charge on any atom is -0.383 e. The number of amides is 3. The Hall–Kier alpha value is -1.87. The van der Waals surface area contributed by atoms with E-state index < -0.39 is 6.10 Å². The van der Waals surface area contributed by atoms with Crippen molar-refractivity contribution in [1.29, 1.82) is 0 Å². The molecule has 1 aliphatic carbocycles. The summed E-state index contributed by atoms with van der Waals surface area (Å²) in [7, 11) is 1.73. The summed E-state index contributed by atoms with van der Waals surface area (Å²) in [4.78, 5) is 44.0. The third-order valence-electron chi connectivity index (χ3n) is 8.62. The van der Waals surface area contributed by atoms with Crippen molar-refractivity contribution in [1.82, 2.24) is 20.0 Å². The Morgan fingerprint density at radius 1 is 1.11 bits per heavy atom. The normalized spacial score (nSPS) is 25.3. The van der Waals surface area contributed by atoms with Gasteiger partial charge in [0.1, 0.15) is 12.6 Å². The van der Waals surface area contributed by atoms with Crippen molar-refractivity contribution in [2.45, 2.75) is 64.6 Å². The summed E-state index contributed by atoms with van der Waals surface area (Å²) >= 11 is 12.1. The molecule has 1 aromatic carbocycles. The van der Waals surface area contributed by atoms with Gasteiger partial charge in [-0.3, -0.25) is 19.7 Å². The molecule has 2 heterocycles. The topological polar surface area (TPSA) is 93.2 Å². The van der Waals surface area contributed by atoms with E-state index in [2.05, 4.69) is 5.32 Å². The number of likely N-dealkylation sites (tertiary alicyclic amines) is 1. The summed E-state index contributed by atoms with van der Waals surface area (Å²) in [6.45, 7) is 5.84. The molecule has 3 aliphatic rings. The highest BCUT2D eigenvalue weighted by atomic mass is 35.5. The Balaban J connectivity index is 1.29. The maximum absolute atomic E-state index is 13.5. The number of nitrogens with one attached hydrogen (secondary N) is 1. The van der Waals surface area contributed by atoms with Gasteiger partial charge in [0.05, 0.1) is 22.6 Å². The summed E-state index contributed by atoms with van der Waals surface area (Å²) in [5, 5.41) is 14.6. The number of aliphatic hydroxyl groups excluding tert-OH is 1. The van der Waals surface area contributed by atoms with Crippen LogP contribution in [0.25, 0.3) is 0 Å². The molecular formula is C28H40Cl2N4O4. The first kappa shape index (κ1) is 29.1. The molecule has 3 fully saturated rings. The van der Waals surface area contributed by atoms with E-state index in [0.717, 1.165) is 37.7 Å². The minimum atomic E-state index is -0.940. The van der Waals surface area contributed by atoms with Crippen molar-refractivity contribution in [3.63, 3.8) is 0 Å². The lowest BCUT2D eigenvalue weighted by Gasteiger charge is -2.46. The second-order valence-electron chi connectivity index (χ2n) is 11.5. The molecule has 210 valence electrons. The van der Waals surface area contributed by atoms with E-state index in [9.17, 15) is 19.5 Å². The van der Waals surface area contributed by atoms with Gasteiger partial charge in [-0.1, -0.05) is 43.1 Å². The number of likely N-dealkylation sites (N-methyl/N-ethyl adjacent to an activating group) is 1. The number of fused-ring (bicyclic) bond motifs is 1. The monoisotopic (exact) mass is 566 g/mol. The van der Waals surface area contributed by atoms with Crippen molar-refractivity contribution in [3.05, 3.63) is 33.8 Å². The largest absolute Gasteiger partial charge is 0.383 e. The zero-order valence-corrected chi connectivity index (χ0v) is 24.0. The Bertz CT molecular complexity index is 1030. The molecule has 4 rings (SSSR count). The number of nitrogens with zero attached hydrogens (tertiary/aromatic N) is 3. The van der Waals surface area contributed by atoms with Crippen molar-refractivity contribution in [2.24, 2.45) is 23.7 Å². The summed E-state index contributed by atoms with van der Waals surface area (Å²) in [6, 6.07) is 5.46. The highest BCUT2D eigenvalue weighted by molar-refractivity contribution is 6.42. The predicted octanol–water partition coefficient (Wildman–Crippen LogP) is 3.38. The third kappa shape index (κ3) is 6.64. The number of carbonyl (C=O) groups is 3. The van der Waals surface area contributed by atoms with Gasteiger partial charge in [0.25, 0.3) is 5.91 Å². The second kappa shape index (κ2) is 12.5. The van der Waals surface area contributed by atoms with Gasteiger partial charge in [0.15, 0.2) is 0 Å². The Morgan fingerprint density at radius 2 is 1.82 bits per heavy atom.